The Kier molecular flexibility index (Phi) is 4.66. The van der Waals surface area contributed by atoms with E-state index in [1.54, 1.807) is 11.3 Å². The SMILES string of the molecule is Cc1ccc(-c2nc(C)c([C@H](C)NC(=O)[C@H]3CCC(=O)N3)s2)cc1. The summed E-state index contributed by atoms with van der Waals surface area (Å²) in [6.07, 6.45) is 0.983. The molecule has 2 atom stereocenters. The first kappa shape index (κ1) is 16.6. The lowest BCUT2D eigenvalue weighted by molar-refractivity contribution is -0.126. The minimum atomic E-state index is -0.412. The van der Waals surface area contributed by atoms with Crippen molar-refractivity contribution < 1.29 is 9.59 Å². The molecule has 1 aromatic carbocycles. The number of carbonyl (C=O) groups is 2. The molecule has 0 bridgehead atoms. The molecule has 1 saturated heterocycles. The van der Waals surface area contributed by atoms with E-state index in [9.17, 15) is 9.59 Å². The Morgan fingerprint density at radius 2 is 2.04 bits per heavy atom. The first-order chi connectivity index (χ1) is 11.4. The standard InChI is InChI=1S/C18H21N3O2S/c1-10-4-6-13(7-5-10)18-20-12(3)16(24-18)11(2)19-17(23)14-8-9-15(22)21-14/h4-7,11,14H,8-9H2,1-3H3,(H,19,23)(H,21,22)/t11-,14+/m0/s1. The van der Waals surface area contributed by atoms with Crippen molar-refractivity contribution in [2.75, 3.05) is 0 Å². The molecule has 0 saturated carbocycles. The minimum Gasteiger partial charge on any atom is -0.347 e. The summed E-state index contributed by atoms with van der Waals surface area (Å²) in [6.45, 7) is 5.97. The van der Waals surface area contributed by atoms with Gasteiger partial charge in [-0.1, -0.05) is 29.8 Å². The summed E-state index contributed by atoms with van der Waals surface area (Å²) in [6, 6.07) is 7.72. The van der Waals surface area contributed by atoms with Crippen molar-refractivity contribution >= 4 is 23.2 Å². The van der Waals surface area contributed by atoms with E-state index in [1.165, 1.54) is 5.56 Å². The fourth-order valence-corrected chi connectivity index (χ4v) is 3.89. The molecule has 0 radical (unpaired) electrons. The lowest BCUT2D eigenvalue weighted by Gasteiger charge is -2.16. The molecule has 2 heterocycles. The third-order valence-corrected chi connectivity index (χ3v) is 5.58. The summed E-state index contributed by atoms with van der Waals surface area (Å²) in [5.41, 5.74) is 3.23. The van der Waals surface area contributed by atoms with Crippen LogP contribution in [0.25, 0.3) is 10.6 Å². The van der Waals surface area contributed by atoms with Gasteiger partial charge in [-0.05, 0) is 27.2 Å². The van der Waals surface area contributed by atoms with Crippen LogP contribution in [-0.4, -0.2) is 22.8 Å². The average Bonchev–Trinajstić information content (AvgIpc) is 3.14. The van der Waals surface area contributed by atoms with Crippen molar-refractivity contribution in [3.8, 4) is 10.6 Å². The number of thiazole rings is 1. The summed E-state index contributed by atoms with van der Waals surface area (Å²) in [4.78, 5) is 29.2. The number of hydrogen-bond acceptors (Lipinski definition) is 4. The van der Waals surface area contributed by atoms with Crippen molar-refractivity contribution in [2.24, 2.45) is 0 Å². The first-order valence-electron chi connectivity index (χ1n) is 8.08. The molecule has 0 unspecified atom stereocenters. The number of rotatable bonds is 4. The van der Waals surface area contributed by atoms with Crippen LogP contribution in [0.4, 0.5) is 0 Å². The lowest BCUT2D eigenvalue weighted by atomic mass is 10.1. The fraction of sp³-hybridized carbons (Fsp3) is 0.389. The van der Waals surface area contributed by atoms with E-state index in [0.29, 0.717) is 12.8 Å². The molecule has 1 aromatic heterocycles. The van der Waals surface area contributed by atoms with Gasteiger partial charge >= 0.3 is 0 Å². The third-order valence-electron chi connectivity index (χ3n) is 4.19. The highest BCUT2D eigenvalue weighted by atomic mass is 32.1. The van der Waals surface area contributed by atoms with Crippen LogP contribution >= 0.6 is 11.3 Å². The van der Waals surface area contributed by atoms with E-state index in [0.717, 1.165) is 21.1 Å². The van der Waals surface area contributed by atoms with Crippen molar-refractivity contribution in [1.82, 2.24) is 15.6 Å². The molecule has 24 heavy (non-hydrogen) atoms. The summed E-state index contributed by atoms with van der Waals surface area (Å²) < 4.78 is 0. The summed E-state index contributed by atoms with van der Waals surface area (Å²) >= 11 is 1.60. The second-order valence-corrected chi connectivity index (χ2v) is 7.25. The van der Waals surface area contributed by atoms with Gasteiger partial charge in [-0.15, -0.1) is 11.3 Å². The van der Waals surface area contributed by atoms with E-state index in [2.05, 4.69) is 46.8 Å². The second kappa shape index (κ2) is 6.73. The number of amides is 2. The summed E-state index contributed by atoms with van der Waals surface area (Å²) in [7, 11) is 0. The highest BCUT2D eigenvalue weighted by molar-refractivity contribution is 7.15. The molecule has 2 N–H and O–H groups in total. The molecule has 1 aliphatic rings. The highest BCUT2D eigenvalue weighted by Crippen LogP contribution is 2.32. The second-order valence-electron chi connectivity index (χ2n) is 6.22. The Morgan fingerprint density at radius 3 is 2.67 bits per heavy atom. The normalized spacial score (nSPS) is 18.3. The zero-order valence-corrected chi connectivity index (χ0v) is 14.9. The predicted molar refractivity (Wildman–Crippen MR) is 94.7 cm³/mol. The molecule has 126 valence electrons. The minimum absolute atomic E-state index is 0.0570. The molecule has 5 nitrogen and oxygen atoms in total. The fourth-order valence-electron chi connectivity index (χ4n) is 2.82. The molecule has 1 aliphatic heterocycles. The van der Waals surface area contributed by atoms with E-state index in [1.807, 2.05) is 13.8 Å². The molecule has 2 amide bonds. The molecule has 2 aromatic rings. The van der Waals surface area contributed by atoms with E-state index >= 15 is 0 Å². The van der Waals surface area contributed by atoms with Gasteiger partial charge < -0.3 is 10.6 Å². The van der Waals surface area contributed by atoms with Crippen LogP contribution in [0.2, 0.25) is 0 Å². The van der Waals surface area contributed by atoms with Crippen LogP contribution in [-0.2, 0) is 9.59 Å². The molecule has 3 rings (SSSR count). The highest BCUT2D eigenvalue weighted by Gasteiger charge is 2.28. The van der Waals surface area contributed by atoms with Crippen LogP contribution in [0.1, 0.15) is 41.9 Å². The molecule has 1 fully saturated rings. The number of nitrogens with zero attached hydrogens (tertiary/aromatic N) is 1. The van der Waals surface area contributed by atoms with Crippen LogP contribution < -0.4 is 10.6 Å². The number of hydrogen-bond donors (Lipinski definition) is 2. The number of aryl methyl sites for hydroxylation is 2. The lowest BCUT2D eigenvalue weighted by Crippen LogP contribution is -2.42. The summed E-state index contributed by atoms with van der Waals surface area (Å²) in [5, 5.41) is 6.64. The largest absolute Gasteiger partial charge is 0.347 e. The van der Waals surface area contributed by atoms with Crippen molar-refractivity contribution in [1.29, 1.82) is 0 Å². The van der Waals surface area contributed by atoms with Gasteiger partial charge in [-0.25, -0.2) is 4.98 Å². The van der Waals surface area contributed by atoms with E-state index in [-0.39, 0.29) is 17.9 Å². The number of nitrogens with one attached hydrogen (secondary N) is 2. The van der Waals surface area contributed by atoms with Crippen LogP contribution in [0.5, 0.6) is 0 Å². The Balaban J connectivity index is 1.73. The van der Waals surface area contributed by atoms with Crippen LogP contribution in [0.3, 0.4) is 0 Å². The number of benzene rings is 1. The monoisotopic (exact) mass is 343 g/mol. The number of carbonyl (C=O) groups excluding carboxylic acids is 2. The molecule has 0 spiro atoms. The van der Waals surface area contributed by atoms with Crippen molar-refractivity contribution in [3.05, 3.63) is 40.4 Å². The van der Waals surface area contributed by atoms with Crippen molar-refractivity contribution in [2.45, 2.75) is 45.7 Å². The van der Waals surface area contributed by atoms with Gasteiger partial charge in [-0.3, -0.25) is 9.59 Å². The zero-order chi connectivity index (χ0) is 17.3. The van der Waals surface area contributed by atoms with Gasteiger partial charge in [0.05, 0.1) is 16.6 Å². The van der Waals surface area contributed by atoms with Gasteiger partial charge in [0.1, 0.15) is 11.0 Å². The van der Waals surface area contributed by atoms with Crippen LogP contribution in [0, 0.1) is 13.8 Å². The smallest absolute Gasteiger partial charge is 0.243 e. The Hall–Kier alpha value is -2.21. The van der Waals surface area contributed by atoms with Gasteiger partial charge in [0.25, 0.3) is 0 Å². The Morgan fingerprint density at radius 1 is 1.33 bits per heavy atom. The maximum Gasteiger partial charge on any atom is 0.243 e. The molecule has 6 heteroatoms. The first-order valence-corrected chi connectivity index (χ1v) is 8.90. The molecular weight excluding hydrogens is 322 g/mol. The van der Waals surface area contributed by atoms with Gasteiger partial charge in [-0.2, -0.15) is 0 Å². The number of aromatic nitrogens is 1. The predicted octanol–water partition coefficient (Wildman–Crippen LogP) is 2.88. The Bertz CT molecular complexity index is 767. The summed E-state index contributed by atoms with van der Waals surface area (Å²) in [5.74, 6) is -0.184. The third kappa shape index (κ3) is 3.48. The maximum absolute atomic E-state index is 12.3. The van der Waals surface area contributed by atoms with Gasteiger partial charge in [0.15, 0.2) is 0 Å². The zero-order valence-electron chi connectivity index (χ0n) is 14.1. The maximum atomic E-state index is 12.3. The van der Waals surface area contributed by atoms with Crippen LogP contribution in [0.15, 0.2) is 24.3 Å². The van der Waals surface area contributed by atoms with Gasteiger partial charge in [0.2, 0.25) is 11.8 Å². The van der Waals surface area contributed by atoms with E-state index in [4.69, 9.17) is 0 Å². The molecular formula is C18H21N3O2S. The average molecular weight is 343 g/mol. The van der Waals surface area contributed by atoms with Crippen molar-refractivity contribution in [3.63, 3.8) is 0 Å². The quantitative estimate of drug-likeness (QED) is 0.897. The Labute approximate surface area is 145 Å². The topological polar surface area (TPSA) is 71.1 Å². The van der Waals surface area contributed by atoms with Gasteiger partial charge in [0, 0.05) is 12.0 Å². The van der Waals surface area contributed by atoms with E-state index < -0.39 is 6.04 Å². The molecule has 0 aliphatic carbocycles.